The summed E-state index contributed by atoms with van der Waals surface area (Å²) in [5.41, 5.74) is 3.01. The van der Waals surface area contributed by atoms with Crippen molar-refractivity contribution in [3.63, 3.8) is 0 Å². The van der Waals surface area contributed by atoms with Crippen molar-refractivity contribution in [3.8, 4) is 11.3 Å². The molecule has 176 valence electrons. The van der Waals surface area contributed by atoms with Crippen molar-refractivity contribution in [2.75, 3.05) is 25.5 Å². The van der Waals surface area contributed by atoms with Gasteiger partial charge in [0.2, 0.25) is 5.95 Å². The molecule has 1 saturated heterocycles. The molecule has 6 nitrogen and oxygen atoms in total. The number of likely N-dealkylation sites (tertiary alicyclic amines) is 1. The van der Waals surface area contributed by atoms with Gasteiger partial charge in [-0.05, 0) is 75.1 Å². The molecule has 4 heterocycles. The predicted molar refractivity (Wildman–Crippen MR) is 130 cm³/mol. The Morgan fingerprint density at radius 1 is 1.03 bits per heavy atom. The molecule has 0 spiro atoms. The zero-order valence-electron chi connectivity index (χ0n) is 19.9. The van der Waals surface area contributed by atoms with Crippen molar-refractivity contribution >= 4 is 23.2 Å². The highest BCUT2D eigenvalue weighted by Crippen LogP contribution is 2.43. The van der Waals surface area contributed by atoms with Gasteiger partial charge in [-0.25, -0.2) is 23.7 Å². The number of nitrogens with zero attached hydrogens (tertiary/aromatic N) is 5. The molecule has 8 heteroatoms. The van der Waals surface area contributed by atoms with Gasteiger partial charge in [-0.15, -0.1) is 0 Å². The van der Waals surface area contributed by atoms with Crippen LogP contribution in [0.4, 0.5) is 26.2 Å². The number of nitrogens with one attached hydrogen (secondary N) is 1. The van der Waals surface area contributed by atoms with Crippen LogP contribution in [0.1, 0.15) is 50.7 Å². The summed E-state index contributed by atoms with van der Waals surface area (Å²) in [5.74, 6) is 0.168. The van der Waals surface area contributed by atoms with E-state index in [9.17, 15) is 8.78 Å². The third-order valence-electron chi connectivity index (χ3n) is 7.15. The van der Waals surface area contributed by atoms with E-state index in [1.165, 1.54) is 11.6 Å². The second-order valence-corrected chi connectivity index (χ2v) is 9.75. The summed E-state index contributed by atoms with van der Waals surface area (Å²) in [6, 6.07) is 7.00. The van der Waals surface area contributed by atoms with Crippen LogP contribution < -0.4 is 5.32 Å². The van der Waals surface area contributed by atoms with Crippen molar-refractivity contribution in [1.29, 1.82) is 0 Å². The van der Waals surface area contributed by atoms with Crippen LogP contribution in [0, 0.1) is 11.6 Å². The molecule has 0 aliphatic carbocycles. The third kappa shape index (κ3) is 4.07. The normalized spacial score (nSPS) is 18.0. The number of fused-ring (bicyclic) bond motifs is 1. The van der Waals surface area contributed by atoms with Gasteiger partial charge in [-0.1, -0.05) is 19.9 Å². The average molecular weight is 463 g/mol. The Bertz CT molecular complexity index is 1260. The van der Waals surface area contributed by atoms with E-state index in [2.05, 4.69) is 43.3 Å². The van der Waals surface area contributed by atoms with Crippen LogP contribution in [0.2, 0.25) is 0 Å². The number of aromatic nitrogens is 3. The molecule has 1 aromatic carbocycles. The number of hydrogen-bond donors (Lipinski definition) is 1. The molecule has 0 unspecified atom stereocenters. The Balaban J connectivity index is 1.39. The Labute approximate surface area is 198 Å². The van der Waals surface area contributed by atoms with Gasteiger partial charge < -0.3 is 10.2 Å². The van der Waals surface area contributed by atoms with Gasteiger partial charge in [-0.2, -0.15) is 0 Å². The number of benzene rings is 1. The van der Waals surface area contributed by atoms with Gasteiger partial charge in [0.15, 0.2) is 5.82 Å². The van der Waals surface area contributed by atoms with E-state index in [0.717, 1.165) is 43.4 Å². The van der Waals surface area contributed by atoms with Gasteiger partial charge in [0.1, 0.15) is 23.0 Å². The smallest absolute Gasteiger partial charge is 0.229 e. The summed E-state index contributed by atoms with van der Waals surface area (Å²) in [5, 5.41) is 3.04. The van der Waals surface area contributed by atoms with E-state index in [1.54, 1.807) is 6.07 Å². The first-order chi connectivity index (χ1) is 16.2. The number of rotatable bonds is 4. The fraction of sp³-hybridized carbons (Fsp3) is 0.385. The zero-order valence-corrected chi connectivity index (χ0v) is 19.9. The molecule has 34 heavy (non-hydrogen) atoms. The van der Waals surface area contributed by atoms with E-state index < -0.39 is 17.0 Å². The summed E-state index contributed by atoms with van der Waals surface area (Å²) in [6.45, 7) is 8.00. The summed E-state index contributed by atoms with van der Waals surface area (Å²) in [7, 11) is 2.14. The Kier molecular flexibility index (Phi) is 5.64. The predicted octanol–water partition coefficient (Wildman–Crippen LogP) is 5.75. The van der Waals surface area contributed by atoms with E-state index in [0.29, 0.717) is 23.0 Å². The molecule has 3 aromatic rings. The van der Waals surface area contributed by atoms with Crippen LogP contribution in [-0.2, 0) is 5.41 Å². The summed E-state index contributed by atoms with van der Waals surface area (Å²) in [6.07, 6.45) is 5.21. The molecule has 2 aliphatic rings. The molecule has 0 saturated carbocycles. The van der Waals surface area contributed by atoms with Crippen molar-refractivity contribution in [2.45, 2.75) is 44.9 Å². The van der Waals surface area contributed by atoms with Crippen molar-refractivity contribution in [3.05, 3.63) is 59.4 Å². The maximum atomic E-state index is 14.8. The lowest BCUT2D eigenvalue weighted by Gasteiger charge is -2.29. The molecular weight excluding hydrogens is 434 g/mol. The second kappa shape index (κ2) is 8.51. The number of hydrogen-bond acceptors (Lipinski definition) is 6. The van der Waals surface area contributed by atoms with Crippen LogP contribution in [0.15, 0.2) is 41.7 Å². The van der Waals surface area contributed by atoms with Gasteiger partial charge in [-0.3, -0.25) is 4.99 Å². The topological polar surface area (TPSA) is 66.3 Å². The fourth-order valence-corrected chi connectivity index (χ4v) is 4.64. The van der Waals surface area contributed by atoms with Gasteiger partial charge >= 0.3 is 0 Å². The molecule has 0 atom stereocenters. The standard InChI is InChI=1S/C26H28F2N6/c1-15-26(2,3)19-11-18(12-20(27)24(19)31-15)23-21(28)14-30-25(33-23)32-22-6-5-17(13-29-22)16-7-9-34(4)10-8-16/h5-6,11-14,16H,7-10H2,1-4H3,(H,29,30,32,33). The first-order valence-corrected chi connectivity index (χ1v) is 11.6. The molecule has 2 aromatic heterocycles. The lowest BCUT2D eigenvalue weighted by atomic mass is 9.81. The van der Waals surface area contributed by atoms with Gasteiger partial charge in [0, 0.05) is 22.9 Å². The van der Waals surface area contributed by atoms with Crippen molar-refractivity contribution in [2.24, 2.45) is 4.99 Å². The average Bonchev–Trinajstić information content (AvgIpc) is 3.05. The van der Waals surface area contributed by atoms with E-state index >= 15 is 0 Å². The SMILES string of the molecule is CC1=Nc2c(F)cc(-c3nc(Nc4ccc(C5CCN(C)CC5)cn4)ncc3F)cc2C1(C)C. The Morgan fingerprint density at radius 3 is 2.50 bits per heavy atom. The van der Waals surface area contributed by atoms with Gasteiger partial charge in [0.05, 0.1) is 6.20 Å². The number of aliphatic imine (C=N–C) groups is 1. The summed E-state index contributed by atoms with van der Waals surface area (Å²) in [4.78, 5) is 19.6. The highest BCUT2D eigenvalue weighted by molar-refractivity contribution is 6.00. The molecule has 5 rings (SSSR count). The van der Waals surface area contributed by atoms with Gasteiger partial charge in [0.25, 0.3) is 0 Å². The van der Waals surface area contributed by atoms with E-state index in [1.807, 2.05) is 33.0 Å². The molecule has 0 amide bonds. The molecule has 1 N–H and O–H groups in total. The Morgan fingerprint density at radius 2 is 1.79 bits per heavy atom. The highest BCUT2D eigenvalue weighted by atomic mass is 19.1. The molecule has 1 fully saturated rings. The maximum absolute atomic E-state index is 14.8. The first kappa shape index (κ1) is 22.5. The minimum atomic E-state index is -0.621. The van der Waals surface area contributed by atoms with Crippen LogP contribution in [0.3, 0.4) is 0 Å². The van der Waals surface area contributed by atoms with Crippen LogP contribution in [-0.4, -0.2) is 45.7 Å². The van der Waals surface area contributed by atoms with Crippen LogP contribution >= 0.6 is 0 Å². The summed E-state index contributed by atoms with van der Waals surface area (Å²) >= 11 is 0. The number of piperidine rings is 1. The molecule has 0 bridgehead atoms. The number of pyridine rings is 1. The second-order valence-electron chi connectivity index (χ2n) is 9.75. The van der Waals surface area contributed by atoms with Crippen molar-refractivity contribution < 1.29 is 8.78 Å². The number of anilines is 2. The zero-order chi connectivity index (χ0) is 24.0. The fourth-order valence-electron chi connectivity index (χ4n) is 4.64. The largest absolute Gasteiger partial charge is 0.309 e. The first-order valence-electron chi connectivity index (χ1n) is 11.6. The van der Waals surface area contributed by atoms with Crippen LogP contribution in [0.25, 0.3) is 11.3 Å². The van der Waals surface area contributed by atoms with E-state index in [4.69, 9.17) is 0 Å². The minimum Gasteiger partial charge on any atom is -0.309 e. The molecule has 2 aliphatic heterocycles. The third-order valence-corrected chi connectivity index (χ3v) is 7.15. The van der Waals surface area contributed by atoms with Crippen LogP contribution in [0.5, 0.6) is 0 Å². The number of halogens is 2. The summed E-state index contributed by atoms with van der Waals surface area (Å²) < 4.78 is 29.6. The maximum Gasteiger partial charge on any atom is 0.229 e. The van der Waals surface area contributed by atoms with Crippen molar-refractivity contribution in [1.82, 2.24) is 19.9 Å². The van der Waals surface area contributed by atoms with E-state index in [-0.39, 0.29) is 11.6 Å². The lowest BCUT2D eigenvalue weighted by molar-refractivity contribution is 0.255. The molecule has 0 radical (unpaired) electrons. The molecular formula is C26H28F2N6. The minimum absolute atomic E-state index is 0.0301. The highest BCUT2D eigenvalue weighted by Gasteiger charge is 2.34. The lowest BCUT2D eigenvalue weighted by Crippen LogP contribution is -2.29. The quantitative estimate of drug-likeness (QED) is 0.535. The monoisotopic (exact) mass is 462 g/mol. The Hall–Kier alpha value is -3.26.